The van der Waals surface area contributed by atoms with E-state index in [-0.39, 0.29) is 39.2 Å². The number of nitrogens with zero attached hydrogens (tertiary/aromatic N) is 6. The van der Waals surface area contributed by atoms with E-state index in [1.807, 2.05) is 0 Å². The number of benzene rings is 2. The molecule has 36 heavy (non-hydrogen) atoms. The number of aromatic nitrogens is 6. The van der Waals surface area contributed by atoms with E-state index in [4.69, 9.17) is 5.11 Å². The van der Waals surface area contributed by atoms with Crippen molar-refractivity contribution >= 4 is 17.0 Å². The van der Waals surface area contributed by atoms with Crippen molar-refractivity contribution in [1.82, 2.24) is 29.5 Å². The van der Waals surface area contributed by atoms with Crippen LogP contribution in [-0.2, 0) is 12.7 Å². The highest BCUT2D eigenvalue weighted by molar-refractivity contribution is 5.87. The van der Waals surface area contributed by atoms with Gasteiger partial charge in [0, 0.05) is 11.8 Å². The molecule has 0 amide bonds. The van der Waals surface area contributed by atoms with E-state index in [9.17, 15) is 27.5 Å². The lowest BCUT2D eigenvalue weighted by Gasteiger charge is -2.16. The molecule has 0 spiro atoms. The molecule has 0 unspecified atom stereocenters. The molecule has 5 rings (SSSR count). The van der Waals surface area contributed by atoms with Gasteiger partial charge in [-0.25, -0.2) is 18.9 Å². The minimum absolute atomic E-state index is 0.0299. The fraction of sp³-hybridized carbons (Fsp3) is 0.0870. The second kappa shape index (κ2) is 8.45. The second-order valence-electron chi connectivity index (χ2n) is 7.71. The zero-order valence-electron chi connectivity index (χ0n) is 18.0. The van der Waals surface area contributed by atoms with Crippen LogP contribution in [0, 0.1) is 5.82 Å². The standard InChI is InChI=1S/C23H14F4N6O3/c24-17-4-2-1-3-15(17)12-5-6-13(16(7-12)23(25,26)27)10-32-19-18(9-29-32)30-22(31-20(19)34)33-11-14(8-28-33)21(35)36/h1-9,11H,10H2,(H,35,36)(H,30,31,34). The predicted molar refractivity (Wildman–Crippen MR) is 117 cm³/mol. The number of hydrogen-bond acceptors (Lipinski definition) is 6. The van der Waals surface area contributed by atoms with Crippen LogP contribution in [0.3, 0.4) is 0 Å². The molecule has 0 saturated carbocycles. The lowest BCUT2D eigenvalue weighted by molar-refractivity contribution is -0.138. The van der Waals surface area contributed by atoms with Gasteiger partial charge in [0.1, 0.15) is 16.9 Å². The summed E-state index contributed by atoms with van der Waals surface area (Å²) in [4.78, 5) is 19.1. The first kappa shape index (κ1) is 23.0. The first-order chi connectivity index (χ1) is 17.1. The van der Waals surface area contributed by atoms with Gasteiger partial charge in [-0.05, 0) is 23.3 Å². The Bertz CT molecular complexity index is 1630. The largest absolute Gasteiger partial charge is 0.492 e. The molecule has 2 N–H and O–H groups in total. The molecular weight excluding hydrogens is 484 g/mol. The molecule has 0 radical (unpaired) electrons. The number of carboxylic acids is 1. The van der Waals surface area contributed by atoms with E-state index in [0.29, 0.717) is 0 Å². The van der Waals surface area contributed by atoms with Crippen LogP contribution in [0.4, 0.5) is 17.6 Å². The Kier molecular flexibility index (Phi) is 5.39. The van der Waals surface area contributed by atoms with E-state index in [1.54, 1.807) is 0 Å². The second-order valence-corrected chi connectivity index (χ2v) is 7.71. The maximum absolute atomic E-state index is 14.2. The SMILES string of the molecule is O=C(O)c1cnn(-c2nc(O)c3c(cnn3Cc3ccc(-c4ccccc4F)cc3C(F)(F)F)n2)c1. The van der Waals surface area contributed by atoms with Crippen LogP contribution in [0.1, 0.15) is 21.5 Å². The van der Waals surface area contributed by atoms with Gasteiger partial charge < -0.3 is 10.2 Å². The minimum Gasteiger partial charge on any atom is -0.492 e. The normalized spacial score (nSPS) is 11.8. The van der Waals surface area contributed by atoms with Gasteiger partial charge in [0.05, 0.1) is 30.1 Å². The Balaban J connectivity index is 1.54. The van der Waals surface area contributed by atoms with E-state index in [0.717, 1.165) is 33.9 Å². The Labute approximate surface area is 198 Å². The number of rotatable bonds is 5. The van der Waals surface area contributed by atoms with Crippen LogP contribution in [0.2, 0.25) is 0 Å². The molecule has 13 heteroatoms. The topological polar surface area (TPSA) is 119 Å². The molecule has 0 aliphatic carbocycles. The Morgan fingerprint density at radius 2 is 1.81 bits per heavy atom. The van der Waals surface area contributed by atoms with E-state index in [1.165, 1.54) is 36.5 Å². The number of carboxylic acid groups (broad SMARTS) is 1. The molecule has 0 aliphatic heterocycles. The summed E-state index contributed by atoms with van der Waals surface area (Å²) in [7, 11) is 0. The fourth-order valence-corrected chi connectivity index (χ4v) is 3.74. The lowest BCUT2D eigenvalue weighted by Crippen LogP contribution is -2.13. The van der Waals surface area contributed by atoms with Gasteiger partial charge in [-0.3, -0.25) is 4.68 Å². The van der Waals surface area contributed by atoms with E-state index >= 15 is 0 Å². The predicted octanol–water partition coefficient (Wildman–Crippen LogP) is 4.29. The van der Waals surface area contributed by atoms with Gasteiger partial charge in [-0.1, -0.05) is 30.3 Å². The number of aromatic carboxylic acids is 1. The van der Waals surface area contributed by atoms with Gasteiger partial charge >= 0.3 is 12.1 Å². The number of hydrogen-bond donors (Lipinski definition) is 2. The Morgan fingerprint density at radius 3 is 2.50 bits per heavy atom. The minimum atomic E-state index is -4.74. The molecule has 9 nitrogen and oxygen atoms in total. The molecule has 2 aromatic carbocycles. The van der Waals surface area contributed by atoms with Crippen molar-refractivity contribution in [2.75, 3.05) is 0 Å². The number of halogens is 4. The summed E-state index contributed by atoms with van der Waals surface area (Å²) in [6, 6.07) is 8.98. The third-order valence-electron chi connectivity index (χ3n) is 5.41. The molecule has 0 atom stereocenters. The highest BCUT2D eigenvalue weighted by Crippen LogP contribution is 2.36. The zero-order chi connectivity index (χ0) is 25.6. The summed E-state index contributed by atoms with van der Waals surface area (Å²) in [6.07, 6.45) is -1.31. The number of aromatic hydroxyl groups is 1. The van der Waals surface area contributed by atoms with Crippen molar-refractivity contribution in [2.45, 2.75) is 12.7 Å². The number of carbonyl (C=O) groups is 1. The van der Waals surface area contributed by atoms with Crippen LogP contribution >= 0.6 is 0 Å². The van der Waals surface area contributed by atoms with Crippen LogP contribution < -0.4 is 0 Å². The average Bonchev–Trinajstić information content (AvgIpc) is 3.47. The summed E-state index contributed by atoms with van der Waals surface area (Å²) in [6.45, 7) is -0.392. The highest BCUT2D eigenvalue weighted by Gasteiger charge is 2.34. The first-order valence-corrected chi connectivity index (χ1v) is 10.3. The van der Waals surface area contributed by atoms with E-state index < -0.39 is 36.0 Å². The smallest absolute Gasteiger partial charge is 0.416 e. The summed E-state index contributed by atoms with van der Waals surface area (Å²) in [5.41, 5.74) is -1.13. The Morgan fingerprint density at radius 1 is 1.03 bits per heavy atom. The summed E-state index contributed by atoms with van der Waals surface area (Å²) < 4.78 is 58.0. The molecule has 182 valence electrons. The average molecular weight is 498 g/mol. The van der Waals surface area contributed by atoms with Crippen molar-refractivity contribution in [2.24, 2.45) is 0 Å². The van der Waals surface area contributed by atoms with Gasteiger partial charge in [0.2, 0.25) is 5.88 Å². The van der Waals surface area contributed by atoms with Crippen molar-refractivity contribution < 1.29 is 32.6 Å². The molecule has 0 bridgehead atoms. The third kappa shape index (κ3) is 4.10. The maximum Gasteiger partial charge on any atom is 0.416 e. The molecule has 0 fully saturated rings. The van der Waals surface area contributed by atoms with E-state index in [2.05, 4.69) is 20.2 Å². The lowest BCUT2D eigenvalue weighted by atomic mass is 9.98. The van der Waals surface area contributed by atoms with Crippen LogP contribution in [0.5, 0.6) is 5.88 Å². The molecule has 5 aromatic rings. The van der Waals surface area contributed by atoms with Gasteiger partial charge in [0.25, 0.3) is 5.95 Å². The Hall–Kier alpha value is -4.81. The van der Waals surface area contributed by atoms with Crippen molar-refractivity contribution in [3.63, 3.8) is 0 Å². The van der Waals surface area contributed by atoms with Crippen LogP contribution in [0.25, 0.3) is 28.1 Å². The molecule has 0 aliphatic rings. The van der Waals surface area contributed by atoms with Gasteiger partial charge in [-0.2, -0.15) is 28.4 Å². The maximum atomic E-state index is 14.2. The summed E-state index contributed by atoms with van der Waals surface area (Å²) in [5, 5.41) is 27.4. The zero-order valence-corrected chi connectivity index (χ0v) is 18.0. The number of alkyl halides is 3. The quantitative estimate of drug-likeness (QED) is 0.347. The van der Waals surface area contributed by atoms with Gasteiger partial charge in [-0.15, -0.1) is 0 Å². The van der Waals surface area contributed by atoms with Gasteiger partial charge in [0.15, 0.2) is 0 Å². The molecule has 0 saturated heterocycles. The molecule has 3 heterocycles. The third-order valence-corrected chi connectivity index (χ3v) is 5.41. The fourth-order valence-electron chi connectivity index (χ4n) is 3.74. The number of fused-ring (bicyclic) bond motifs is 1. The monoisotopic (exact) mass is 498 g/mol. The summed E-state index contributed by atoms with van der Waals surface area (Å²) in [5.74, 6) is -2.61. The summed E-state index contributed by atoms with van der Waals surface area (Å²) >= 11 is 0. The molecular formula is C23H14F4N6O3. The van der Waals surface area contributed by atoms with Crippen molar-refractivity contribution in [1.29, 1.82) is 0 Å². The van der Waals surface area contributed by atoms with Crippen molar-refractivity contribution in [3.8, 4) is 23.0 Å². The molecule has 3 aromatic heterocycles. The van der Waals surface area contributed by atoms with Crippen LogP contribution in [-0.4, -0.2) is 45.7 Å². The highest BCUT2D eigenvalue weighted by atomic mass is 19.4. The van der Waals surface area contributed by atoms with Crippen LogP contribution in [0.15, 0.2) is 61.1 Å². The first-order valence-electron chi connectivity index (χ1n) is 10.3. The van der Waals surface area contributed by atoms with Crippen molar-refractivity contribution in [3.05, 3.63) is 83.6 Å².